The van der Waals surface area contributed by atoms with Gasteiger partial charge in [-0.2, -0.15) is 5.26 Å². The molecule has 0 radical (unpaired) electrons. The number of hydrogen-bond acceptors (Lipinski definition) is 4. The number of halogens is 2. The highest BCUT2D eigenvalue weighted by atomic mass is 79.9. The van der Waals surface area contributed by atoms with Crippen LogP contribution >= 0.6 is 27.5 Å². The van der Waals surface area contributed by atoms with E-state index in [0.29, 0.717) is 22.9 Å². The fourth-order valence-corrected chi connectivity index (χ4v) is 5.34. The molecule has 29 heavy (non-hydrogen) atoms. The molecule has 2 heterocycles. The zero-order valence-corrected chi connectivity index (χ0v) is 17.6. The number of ether oxygens (including phenoxy) is 1. The van der Waals surface area contributed by atoms with Crippen molar-refractivity contribution in [3.8, 4) is 11.8 Å². The van der Waals surface area contributed by atoms with Crippen LogP contribution in [0.4, 0.5) is 0 Å². The largest absolute Gasteiger partial charge is 0.476 e. The van der Waals surface area contributed by atoms with Gasteiger partial charge in [-0.25, -0.2) is 0 Å². The first-order valence-corrected chi connectivity index (χ1v) is 10.5. The summed E-state index contributed by atoms with van der Waals surface area (Å²) in [4.78, 5) is 4.42. The first-order chi connectivity index (χ1) is 14.0. The highest BCUT2D eigenvalue weighted by Gasteiger charge is 2.73. The van der Waals surface area contributed by atoms with Gasteiger partial charge in [-0.1, -0.05) is 70.0 Å². The SMILES string of the molecule is N#C[C@H]1C[C@@H](c2ccccc2)[C@]2(c3ccc(Br)cc3)Oc3cc(Cl)cnc3[C@]12O. The molecule has 1 aliphatic carbocycles. The maximum absolute atomic E-state index is 12.2. The van der Waals surface area contributed by atoms with Gasteiger partial charge < -0.3 is 9.84 Å². The smallest absolute Gasteiger partial charge is 0.176 e. The summed E-state index contributed by atoms with van der Waals surface area (Å²) in [5, 5.41) is 22.6. The molecular weight excluding hydrogens is 452 g/mol. The van der Waals surface area contributed by atoms with Crippen LogP contribution in [-0.4, -0.2) is 10.1 Å². The van der Waals surface area contributed by atoms with Crippen LogP contribution in [0.5, 0.6) is 5.75 Å². The number of pyridine rings is 1. The Hall–Kier alpha value is -2.39. The van der Waals surface area contributed by atoms with E-state index in [1.165, 1.54) is 6.20 Å². The zero-order valence-electron chi connectivity index (χ0n) is 15.2. The quantitative estimate of drug-likeness (QED) is 0.555. The lowest BCUT2D eigenvalue weighted by atomic mass is 9.71. The highest BCUT2D eigenvalue weighted by molar-refractivity contribution is 9.10. The number of aliphatic hydroxyl groups is 1. The molecule has 1 aromatic heterocycles. The third kappa shape index (κ3) is 2.43. The lowest BCUT2D eigenvalue weighted by molar-refractivity contribution is -0.120. The summed E-state index contributed by atoms with van der Waals surface area (Å²) in [5.74, 6) is -0.512. The summed E-state index contributed by atoms with van der Waals surface area (Å²) in [6.07, 6.45) is 1.94. The molecule has 1 saturated carbocycles. The van der Waals surface area contributed by atoms with Gasteiger partial charge in [0.2, 0.25) is 0 Å². The highest BCUT2D eigenvalue weighted by Crippen LogP contribution is 2.68. The van der Waals surface area contributed by atoms with Crippen LogP contribution < -0.4 is 4.74 Å². The third-order valence-corrected chi connectivity index (χ3v) is 6.85. The number of nitrogens with zero attached hydrogens (tertiary/aromatic N) is 2. The monoisotopic (exact) mass is 466 g/mol. The van der Waals surface area contributed by atoms with Crippen LogP contribution in [0.1, 0.15) is 29.2 Å². The molecule has 6 heteroatoms. The molecule has 0 bridgehead atoms. The third-order valence-electron chi connectivity index (χ3n) is 6.11. The van der Waals surface area contributed by atoms with Crippen molar-refractivity contribution in [2.45, 2.75) is 23.5 Å². The Morgan fingerprint density at radius 1 is 1.17 bits per heavy atom. The number of aromatic nitrogens is 1. The lowest BCUT2D eigenvalue weighted by Gasteiger charge is -2.40. The Balaban J connectivity index is 1.83. The molecule has 2 aliphatic rings. The average molecular weight is 468 g/mol. The van der Waals surface area contributed by atoms with Gasteiger partial charge in [0, 0.05) is 22.7 Å². The van der Waals surface area contributed by atoms with Crippen LogP contribution in [0, 0.1) is 17.2 Å². The molecule has 4 nitrogen and oxygen atoms in total. The van der Waals surface area contributed by atoms with Crippen LogP contribution in [0.15, 0.2) is 71.3 Å². The van der Waals surface area contributed by atoms with Crippen molar-refractivity contribution in [1.29, 1.82) is 5.26 Å². The number of nitriles is 1. The molecule has 3 aromatic rings. The summed E-state index contributed by atoms with van der Waals surface area (Å²) < 4.78 is 7.48. The first kappa shape index (κ1) is 18.6. The van der Waals surface area contributed by atoms with E-state index in [1.54, 1.807) is 6.07 Å². The van der Waals surface area contributed by atoms with Crippen molar-refractivity contribution < 1.29 is 9.84 Å². The summed E-state index contributed by atoms with van der Waals surface area (Å²) in [6, 6.07) is 21.6. The molecule has 0 spiro atoms. The molecular formula is C23H16BrClN2O2. The van der Waals surface area contributed by atoms with Crippen LogP contribution in [0.2, 0.25) is 5.02 Å². The Kier molecular flexibility index (Phi) is 4.22. The maximum Gasteiger partial charge on any atom is 0.176 e. The minimum Gasteiger partial charge on any atom is -0.476 e. The van der Waals surface area contributed by atoms with Gasteiger partial charge in [0.1, 0.15) is 11.4 Å². The zero-order chi connectivity index (χ0) is 20.2. The molecule has 0 amide bonds. The second kappa shape index (κ2) is 6.56. The van der Waals surface area contributed by atoms with Gasteiger partial charge in [0.25, 0.3) is 0 Å². The lowest BCUT2D eigenvalue weighted by Crippen LogP contribution is -2.50. The van der Waals surface area contributed by atoms with E-state index < -0.39 is 17.1 Å². The second-order valence-corrected chi connectivity index (χ2v) is 8.84. The van der Waals surface area contributed by atoms with Crippen molar-refractivity contribution >= 4 is 27.5 Å². The molecule has 2 aromatic carbocycles. The molecule has 5 rings (SSSR count). The van der Waals surface area contributed by atoms with Gasteiger partial charge in [0.15, 0.2) is 11.2 Å². The summed E-state index contributed by atoms with van der Waals surface area (Å²) in [7, 11) is 0. The second-order valence-electron chi connectivity index (χ2n) is 7.49. The van der Waals surface area contributed by atoms with Crippen molar-refractivity contribution in [3.63, 3.8) is 0 Å². The standard InChI is InChI=1S/C23H16BrClN2O2/c24-17-8-6-15(7-9-17)23-19(14-4-2-1-3-5-14)10-16(12-26)22(23,28)21-20(29-23)11-18(25)13-27-21/h1-9,11,13,16,19,28H,10H2/t16-,19+,22-,23+/m1/s1. The molecule has 1 aliphatic heterocycles. The molecule has 1 N–H and O–H groups in total. The van der Waals surface area contributed by atoms with Gasteiger partial charge in [0.05, 0.1) is 17.0 Å². The fourth-order valence-electron chi connectivity index (χ4n) is 4.92. The van der Waals surface area contributed by atoms with Crippen molar-refractivity contribution in [2.24, 2.45) is 5.92 Å². The van der Waals surface area contributed by atoms with Crippen molar-refractivity contribution in [1.82, 2.24) is 4.98 Å². The topological polar surface area (TPSA) is 66.1 Å². The summed E-state index contributed by atoms with van der Waals surface area (Å²) >= 11 is 9.64. The Labute approximate surface area is 181 Å². The van der Waals surface area contributed by atoms with Crippen LogP contribution in [0.3, 0.4) is 0 Å². The van der Waals surface area contributed by atoms with Crippen LogP contribution in [0.25, 0.3) is 0 Å². The fraction of sp³-hybridized carbons (Fsp3) is 0.217. The number of benzene rings is 2. The van der Waals surface area contributed by atoms with Crippen molar-refractivity contribution in [3.05, 3.63) is 93.2 Å². The molecule has 0 saturated heterocycles. The van der Waals surface area contributed by atoms with E-state index in [2.05, 4.69) is 27.0 Å². The minimum absolute atomic E-state index is 0.243. The predicted molar refractivity (Wildman–Crippen MR) is 112 cm³/mol. The average Bonchev–Trinajstić information content (AvgIpc) is 3.13. The van der Waals surface area contributed by atoms with E-state index in [4.69, 9.17) is 16.3 Å². The minimum atomic E-state index is -1.60. The Morgan fingerprint density at radius 2 is 1.90 bits per heavy atom. The maximum atomic E-state index is 12.2. The number of fused-ring (bicyclic) bond motifs is 3. The summed E-state index contributed by atoms with van der Waals surface area (Å²) in [6.45, 7) is 0. The molecule has 0 unspecified atom stereocenters. The van der Waals surface area contributed by atoms with Crippen LogP contribution in [-0.2, 0) is 11.2 Å². The van der Waals surface area contributed by atoms with E-state index >= 15 is 0 Å². The normalized spacial score (nSPS) is 29.6. The van der Waals surface area contributed by atoms with Crippen molar-refractivity contribution in [2.75, 3.05) is 0 Å². The molecule has 1 fully saturated rings. The number of hydrogen-bond donors (Lipinski definition) is 1. The molecule has 4 atom stereocenters. The van der Waals surface area contributed by atoms with Gasteiger partial charge in [-0.05, 0) is 29.7 Å². The Bertz CT molecular complexity index is 1130. The first-order valence-electron chi connectivity index (χ1n) is 9.28. The van der Waals surface area contributed by atoms with Gasteiger partial charge in [-0.15, -0.1) is 0 Å². The van der Waals surface area contributed by atoms with E-state index in [9.17, 15) is 10.4 Å². The van der Waals surface area contributed by atoms with Gasteiger partial charge in [-0.3, -0.25) is 4.98 Å². The Morgan fingerprint density at radius 3 is 2.59 bits per heavy atom. The van der Waals surface area contributed by atoms with E-state index in [1.807, 2.05) is 54.6 Å². The van der Waals surface area contributed by atoms with Gasteiger partial charge >= 0.3 is 0 Å². The predicted octanol–water partition coefficient (Wildman–Crippen LogP) is 5.30. The van der Waals surface area contributed by atoms with E-state index in [-0.39, 0.29) is 5.92 Å². The summed E-state index contributed by atoms with van der Waals surface area (Å²) in [5.41, 5.74) is -0.616. The number of rotatable bonds is 2. The van der Waals surface area contributed by atoms with E-state index in [0.717, 1.165) is 15.6 Å². The molecule has 144 valence electrons.